The summed E-state index contributed by atoms with van der Waals surface area (Å²) in [4.78, 5) is 0. The second-order valence-electron chi connectivity index (χ2n) is 8.65. The van der Waals surface area contributed by atoms with Gasteiger partial charge in [0.15, 0.2) is 0 Å². The summed E-state index contributed by atoms with van der Waals surface area (Å²) in [7, 11) is -0.169. The number of hydrogen-bond acceptors (Lipinski definition) is 6. The van der Waals surface area contributed by atoms with E-state index in [4.69, 9.17) is 13.7 Å². The van der Waals surface area contributed by atoms with Crippen LogP contribution >= 0.6 is 7.82 Å². The van der Waals surface area contributed by atoms with E-state index in [0.717, 1.165) is 6.54 Å². The van der Waals surface area contributed by atoms with Crippen LogP contribution in [-0.4, -0.2) is 45.5 Å². The van der Waals surface area contributed by atoms with Crippen LogP contribution in [0.1, 0.15) is 117 Å². The maximum absolute atomic E-state index is 12.3. The molecule has 0 rings (SSSR count). The lowest BCUT2D eigenvalue weighted by Gasteiger charge is -2.20. The zero-order chi connectivity index (χ0) is 23.0. The van der Waals surface area contributed by atoms with Gasteiger partial charge in [-0.3, -0.25) is 9.05 Å². The molecule has 31 heavy (non-hydrogen) atoms. The first-order valence-corrected chi connectivity index (χ1v) is 14.5. The van der Waals surface area contributed by atoms with Crippen molar-refractivity contribution in [3.05, 3.63) is 0 Å². The molecule has 0 aliphatic heterocycles. The van der Waals surface area contributed by atoms with E-state index in [-0.39, 0.29) is 6.61 Å². The molecule has 0 radical (unpaired) electrons. The third-order valence-electron chi connectivity index (χ3n) is 5.29. The van der Waals surface area contributed by atoms with Crippen LogP contribution in [0.25, 0.3) is 0 Å². The predicted octanol–water partition coefficient (Wildman–Crippen LogP) is 7.49. The Labute approximate surface area is 193 Å². The molecular weight excluding hydrogens is 411 g/mol. The van der Waals surface area contributed by atoms with Crippen LogP contribution in [0.15, 0.2) is 0 Å². The largest absolute Gasteiger partial charge is 0.491 e. The summed E-state index contributed by atoms with van der Waals surface area (Å²) in [5.41, 5.74) is 0. The molecule has 0 aromatic heterocycles. The predicted molar refractivity (Wildman–Crippen MR) is 132 cm³/mol. The van der Waals surface area contributed by atoms with Crippen molar-refractivity contribution in [3.63, 3.8) is 0 Å². The molecule has 1 atom stereocenters. The normalized spacial score (nSPS) is 13.7. The van der Waals surface area contributed by atoms with Gasteiger partial charge in [0, 0.05) is 20.6 Å². The molecular formula is C24H53N2O4P. The summed E-state index contributed by atoms with van der Waals surface area (Å²) < 4.78 is 27.9. The standard InChI is InChI=1S/C24H53N2O4P/c1-5-7-8-9-10-11-12-13-14-15-16-17-18-19-20-21-22-25-23-24-29-31(27,28-6-2)30-26(3)4/h25H,5-24H2,1-4H3. The van der Waals surface area contributed by atoms with Gasteiger partial charge in [0.25, 0.3) is 0 Å². The maximum atomic E-state index is 12.3. The number of hydroxylamine groups is 2. The maximum Gasteiger partial charge on any atom is 0.491 e. The van der Waals surface area contributed by atoms with E-state index in [1.165, 1.54) is 108 Å². The Morgan fingerprint density at radius 2 is 1.10 bits per heavy atom. The highest BCUT2D eigenvalue weighted by atomic mass is 31.2. The van der Waals surface area contributed by atoms with E-state index in [1.807, 2.05) is 0 Å². The number of phosphoric acid groups is 1. The number of unbranched alkanes of at least 4 members (excludes halogenated alkanes) is 15. The van der Waals surface area contributed by atoms with Crippen LogP contribution in [-0.2, 0) is 18.2 Å². The summed E-state index contributed by atoms with van der Waals surface area (Å²) in [6.45, 7) is 6.26. The van der Waals surface area contributed by atoms with Crippen molar-refractivity contribution < 1.29 is 18.2 Å². The van der Waals surface area contributed by atoms with E-state index in [9.17, 15) is 4.57 Å². The van der Waals surface area contributed by atoms with E-state index in [2.05, 4.69) is 12.2 Å². The summed E-state index contributed by atoms with van der Waals surface area (Å²) in [5.74, 6) is 0. The van der Waals surface area contributed by atoms with Crippen molar-refractivity contribution in [1.82, 2.24) is 10.4 Å². The van der Waals surface area contributed by atoms with Crippen LogP contribution in [0.2, 0.25) is 0 Å². The fraction of sp³-hybridized carbons (Fsp3) is 1.00. The van der Waals surface area contributed by atoms with E-state index < -0.39 is 7.82 Å². The van der Waals surface area contributed by atoms with Crippen molar-refractivity contribution in [2.45, 2.75) is 117 Å². The van der Waals surface area contributed by atoms with Crippen LogP contribution < -0.4 is 5.32 Å². The van der Waals surface area contributed by atoms with Gasteiger partial charge < -0.3 is 5.32 Å². The highest BCUT2D eigenvalue weighted by molar-refractivity contribution is 7.48. The third-order valence-corrected chi connectivity index (χ3v) is 6.89. The second kappa shape index (κ2) is 23.2. The molecule has 0 aliphatic carbocycles. The van der Waals surface area contributed by atoms with Gasteiger partial charge >= 0.3 is 7.82 Å². The van der Waals surface area contributed by atoms with Gasteiger partial charge in [-0.1, -0.05) is 103 Å². The van der Waals surface area contributed by atoms with Crippen molar-refractivity contribution >= 4 is 7.82 Å². The lowest BCUT2D eigenvalue weighted by molar-refractivity contribution is -0.0493. The summed E-state index contributed by atoms with van der Waals surface area (Å²) in [5, 5.41) is 4.68. The fourth-order valence-corrected chi connectivity index (χ4v) is 4.80. The topological polar surface area (TPSA) is 60.0 Å². The Balaban J connectivity index is 3.29. The molecule has 0 heterocycles. The smallest absolute Gasteiger partial charge is 0.314 e. The average Bonchev–Trinajstić information content (AvgIpc) is 2.72. The average molecular weight is 465 g/mol. The summed E-state index contributed by atoms with van der Waals surface area (Å²) in [6, 6.07) is 0. The molecule has 1 N–H and O–H groups in total. The highest BCUT2D eigenvalue weighted by Gasteiger charge is 2.27. The molecule has 0 saturated heterocycles. The molecule has 188 valence electrons. The van der Waals surface area contributed by atoms with Crippen molar-refractivity contribution in [2.75, 3.05) is 40.4 Å². The minimum absolute atomic E-state index is 0.289. The molecule has 7 heteroatoms. The first-order valence-electron chi connectivity index (χ1n) is 13.0. The lowest BCUT2D eigenvalue weighted by Crippen LogP contribution is -2.21. The van der Waals surface area contributed by atoms with Crippen molar-refractivity contribution in [2.24, 2.45) is 0 Å². The molecule has 0 amide bonds. The highest BCUT2D eigenvalue weighted by Crippen LogP contribution is 2.49. The monoisotopic (exact) mass is 464 g/mol. The van der Waals surface area contributed by atoms with Crippen molar-refractivity contribution in [3.8, 4) is 0 Å². The number of hydrogen-bond donors (Lipinski definition) is 1. The molecule has 0 bridgehead atoms. The van der Waals surface area contributed by atoms with Crippen LogP contribution in [0.3, 0.4) is 0 Å². The van der Waals surface area contributed by atoms with E-state index in [0.29, 0.717) is 13.2 Å². The molecule has 0 saturated carbocycles. The molecule has 0 spiro atoms. The van der Waals surface area contributed by atoms with Gasteiger partial charge in [-0.05, 0) is 19.9 Å². The first-order chi connectivity index (χ1) is 15.0. The SMILES string of the molecule is CCCCCCCCCCCCCCCCCCNCCOP(=O)(OCC)ON(C)C. The second-order valence-corrected chi connectivity index (χ2v) is 10.2. The van der Waals surface area contributed by atoms with Gasteiger partial charge in [0.2, 0.25) is 0 Å². The number of rotatable bonds is 25. The quantitative estimate of drug-likeness (QED) is 0.0858. The number of phosphoric ester groups is 1. The van der Waals surface area contributed by atoms with Gasteiger partial charge in [-0.25, -0.2) is 4.57 Å². The van der Waals surface area contributed by atoms with Gasteiger partial charge in [0.1, 0.15) is 0 Å². The Hall–Kier alpha value is 0.0300. The van der Waals surface area contributed by atoms with E-state index in [1.54, 1.807) is 21.0 Å². The Morgan fingerprint density at radius 3 is 1.52 bits per heavy atom. The zero-order valence-corrected chi connectivity index (χ0v) is 22.1. The Morgan fingerprint density at radius 1 is 0.645 bits per heavy atom. The van der Waals surface area contributed by atoms with Crippen LogP contribution in [0.5, 0.6) is 0 Å². The van der Waals surface area contributed by atoms with Gasteiger partial charge in [-0.15, -0.1) is 0 Å². The van der Waals surface area contributed by atoms with Crippen LogP contribution in [0, 0.1) is 0 Å². The third kappa shape index (κ3) is 23.0. The van der Waals surface area contributed by atoms with Crippen molar-refractivity contribution in [1.29, 1.82) is 0 Å². The Bertz CT molecular complexity index is 411. The molecule has 0 aromatic rings. The number of nitrogens with one attached hydrogen (secondary N) is 1. The van der Waals surface area contributed by atoms with Gasteiger partial charge in [-0.2, -0.15) is 9.69 Å². The summed E-state index contributed by atoms with van der Waals surface area (Å²) in [6.07, 6.45) is 22.2. The van der Waals surface area contributed by atoms with Crippen LogP contribution in [0.4, 0.5) is 0 Å². The molecule has 0 aliphatic rings. The Kier molecular flexibility index (Phi) is 23.2. The molecule has 1 unspecified atom stereocenters. The minimum Gasteiger partial charge on any atom is -0.314 e. The zero-order valence-electron chi connectivity index (χ0n) is 21.2. The fourth-order valence-electron chi connectivity index (χ4n) is 3.60. The van der Waals surface area contributed by atoms with E-state index >= 15 is 0 Å². The minimum atomic E-state index is -3.48. The molecule has 6 nitrogen and oxygen atoms in total. The molecule has 0 aromatic carbocycles. The number of nitrogens with zero attached hydrogens (tertiary/aromatic N) is 1. The van der Waals surface area contributed by atoms with Gasteiger partial charge in [0.05, 0.1) is 13.2 Å². The summed E-state index contributed by atoms with van der Waals surface area (Å²) >= 11 is 0. The lowest BCUT2D eigenvalue weighted by atomic mass is 10.0. The molecule has 0 fully saturated rings. The first kappa shape index (κ1) is 31.0.